The van der Waals surface area contributed by atoms with E-state index in [0.29, 0.717) is 19.0 Å². The lowest BCUT2D eigenvalue weighted by Gasteiger charge is -2.20. The summed E-state index contributed by atoms with van der Waals surface area (Å²) in [7, 11) is 1.60. The molecular weight excluding hydrogens is 204 g/mol. The van der Waals surface area contributed by atoms with Gasteiger partial charge < -0.3 is 14.6 Å². The Kier molecular flexibility index (Phi) is 3.27. The molecule has 3 heteroatoms. The molecule has 0 unspecified atom stereocenters. The molecular formula is C13H16O3. The third kappa shape index (κ3) is 1.96. The van der Waals surface area contributed by atoms with Crippen molar-refractivity contribution in [2.45, 2.75) is 6.10 Å². The molecule has 86 valence electrons. The normalized spacial score (nSPS) is 22.1. The van der Waals surface area contributed by atoms with Crippen LogP contribution in [0.15, 0.2) is 36.4 Å². The van der Waals surface area contributed by atoms with Crippen LogP contribution in [0.4, 0.5) is 0 Å². The first-order valence-corrected chi connectivity index (χ1v) is 5.30. The van der Waals surface area contributed by atoms with E-state index in [9.17, 15) is 5.11 Å². The van der Waals surface area contributed by atoms with Gasteiger partial charge in [-0.15, -0.1) is 0 Å². The van der Waals surface area contributed by atoms with Gasteiger partial charge in [0.25, 0.3) is 0 Å². The van der Waals surface area contributed by atoms with Crippen molar-refractivity contribution in [1.82, 2.24) is 0 Å². The van der Waals surface area contributed by atoms with Crippen LogP contribution >= 0.6 is 0 Å². The summed E-state index contributed by atoms with van der Waals surface area (Å²) in [5.41, 5.74) is 1.74. The number of rotatable bonds is 3. The molecule has 1 aromatic carbocycles. The number of hydrogen-bond acceptors (Lipinski definition) is 3. The average molecular weight is 220 g/mol. The Morgan fingerprint density at radius 2 is 2.25 bits per heavy atom. The predicted octanol–water partition coefficient (Wildman–Crippen LogP) is 1.93. The van der Waals surface area contributed by atoms with E-state index >= 15 is 0 Å². The molecule has 0 saturated carbocycles. The molecule has 1 N–H and O–H groups in total. The fraction of sp³-hybridized carbons (Fsp3) is 0.385. The van der Waals surface area contributed by atoms with Crippen molar-refractivity contribution in [3.63, 3.8) is 0 Å². The van der Waals surface area contributed by atoms with Crippen LogP contribution in [-0.2, 0) is 4.74 Å². The monoisotopic (exact) mass is 220 g/mol. The third-order valence-corrected chi connectivity index (χ3v) is 2.95. The molecule has 1 aliphatic rings. The standard InChI is InChI=1S/C13H16O3/c1-9-7-16-8-11(9)13(14)10-5-3-4-6-12(10)15-2/h3-6,11,13-14H,1,7-8H2,2H3/t11-,13-/m0/s1. The lowest BCUT2D eigenvalue weighted by Crippen LogP contribution is -2.14. The van der Waals surface area contributed by atoms with Crippen LogP contribution in [0.5, 0.6) is 5.75 Å². The van der Waals surface area contributed by atoms with Crippen molar-refractivity contribution < 1.29 is 14.6 Å². The van der Waals surface area contributed by atoms with Crippen LogP contribution in [0.25, 0.3) is 0 Å². The highest BCUT2D eigenvalue weighted by atomic mass is 16.5. The summed E-state index contributed by atoms with van der Waals surface area (Å²) in [4.78, 5) is 0. The van der Waals surface area contributed by atoms with Crippen LogP contribution < -0.4 is 4.74 Å². The second-order valence-corrected chi connectivity index (χ2v) is 3.97. The Hall–Kier alpha value is -1.32. The van der Waals surface area contributed by atoms with Crippen molar-refractivity contribution in [2.24, 2.45) is 5.92 Å². The fourth-order valence-corrected chi connectivity index (χ4v) is 1.98. The van der Waals surface area contributed by atoms with Gasteiger partial charge in [0.05, 0.1) is 26.4 Å². The Morgan fingerprint density at radius 1 is 1.50 bits per heavy atom. The summed E-state index contributed by atoms with van der Waals surface area (Å²) in [6.45, 7) is 4.98. The number of hydrogen-bond donors (Lipinski definition) is 1. The van der Waals surface area contributed by atoms with E-state index in [0.717, 1.165) is 11.1 Å². The minimum Gasteiger partial charge on any atom is -0.496 e. The van der Waals surface area contributed by atoms with Crippen molar-refractivity contribution in [3.05, 3.63) is 42.0 Å². The molecule has 0 radical (unpaired) electrons. The Bertz CT molecular complexity index is 387. The molecule has 1 saturated heterocycles. The number of benzene rings is 1. The first kappa shape index (κ1) is 11.2. The Balaban J connectivity index is 2.26. The van der Waals surface area contributed by atoms with Gasteiger partial charge >= 0.3 is 0 Å². The summed E-state index contributed by atoms with van der Waals surface area (Å²) in [6.07, 6.45) is -0.605. The lowest BCUT2D eigenvalue weighted by molar-refractivity contribution is 0.0950. The van der Waals surface area contributed by atoms with Gasteiger partial charge in [-0.2, -0.15) is 0 Å². The number of para-hydroxylation sites is 1. The van der Waals surface area contributed by atoms with E-state index < -0.39 is 6.10 Å². The van der Waals surface area contributed by atoms with Crippen LogP contribution in [0.2, 0.25) is 0 Å². The van der Waals surface area contributed by atoms with E-state index in [4.69, 9.17) is 9.47 Å². The largest absolute Gasteiger partial charge is 0.496 e. The molecule has 1 heterocycles. The second kappa shape index (κ2) is 4.68. The molecule has 3 nitrogen and oxygen atoms in total. The molecule has 1 aliphatic heterocycles. The molecule has 0 aliphatic carbocycles. The van der Waals surface area contributed by atoms with Gasteiger partial charge in [-0.05, 0) is 11.6 Å². The first-order valence-electron chi connectivity index (χ1n) is 5.30. The first-order chi connectivity index (χ1) is 7.74. The summed E-state index contributed by atoms with van der Waals surface area (Å²) in [6, 6.07) is 7.49. The second-order valence-electron chi connectivity index (χ2n) is 3.97. The van der Waals surface area contributed by atoms with Crippen molar-refractivity contribution in [2.75, 3.05) is 20.3 Å². The molecule has 16 heavy (non-hydrogen) atoms. The zero-order chi connectivity index (χ0) is 11.5. The van der Waals surface area contributed by atoms with Gasteiger partial charge in [0, 0.05) is 11.5 Å². The molecule has 0 amide bonds. The van der Waals surface area contributed by atoms with E-state index in [1.54, 1.807) is 7.11 Å². The molecule has 1 aromatic rings. The molecule has 2 rings (SSSR count). The summed E-state index contributed by atoms with van der Waals surface area (Å²) in [5, 5.41) is 10.3. The summed E-state index contributed by atoms with van der Waals surface area (Å²) in [5.74, 6) is 0.672. The van der Waals surface area contributed by atoms with E-state index in [-0.39, 0.29) is 5.92 Å². The SMILES string of the molecule is C=C1COC[C@@H]1[C@@H](O)c1ccccc1OC. The van der Waals surface area contributed by atoms with Crippen molar-refractivity contribution in [3.8, 4) is 5.75 Å². The molecule has 0 bridgehead atoms. The smallest absolute Gasteiger partial charge is 0.124 e. The lowest BCUT2D eigenvalue weighted by atomic mass is 9.92. The van der Waals surface area contributed by atoms with Crippen LogP contribution in [0.1, 0.15) is 11.7 Å². The van der Waals surface area contributed by atoms with Gasteiger partial charge in [0.15, 0.2) is 0 Å². The topological polar surface area (TPSA) is 38.7 Å². The van der Waals surface area contributed by atoms with Gasteiger partial charge in [-0.1, -0.05) is 24.8 Å². The highest BCUT2D eigenvalue weighted by Gasteiger charge is 2.29. The zero-order valence-corrected chi connectivity index (χ0v) is 9.35. The van der Waals surface area contributed by atoms with Crippen molar-refractivity contribution in [1.29, 1.82) is 0 Å². The van der Waals surface area contributed by atoms with Crippen LogP contribution in [-0.4, -0.2) is 25.4 Å². The average Bonchev–Trinajstić information content (AvgIpc) is 2.74. The van der Waals surface area contributed by atoms with Crippen LogP contribution in [0.3, 0.4) is 0 Å². The maximum Gasteiger partial charge on any atom is 0.124 e. The maximum atomic E-state index is 10.3. The predicted molar refractivity (Wildman–Crippen MR) is 61.4 cm³/mol. The van der Waals surface area contributed by atoms with E-state index in [1.807, 2.05) is 24.3 Å². The quantitative estimate of drug-likeness (QED) is 0.791. The minimum absolute atomic E-state index is 0.0312. The van der Waals surface area contributed by atoms with E-state index in [2.05, 4.69) is 6.58 Å². The third-order valence-electron chi connectivity index (χ3n) is 2.95. The molecule has 0 spiro atoms. The van der Waals surface area contributed by atoms with Gasteiger partial charge in [0.1, 0.15) is 5.75 Å². The van der Waals surface area contributed by atoms with Gasteiger partial charge in [-0.25, -0.2) is 0 Å². The highest BCUT2D eigenvalue weighted by molar-refractivity contribution is 5.36. The van der Waals surface area contributed by atoms with Gasteiger partial charge in [0.2, 0.25) is 0 Å². The Labute approximate surface area is 95.3 Å². The minimum atomic E-state index is -0.605. The van der Waals surface area contributed by atoms with Crippen LogP contribution in [0, 0.1) is 5.92 Å². The molecule has 2 atom stereocenters. The molecule has 1 fully saturated rings. The summed E-state index contributed by atoms with van der Waals surface area (Å²) < 4.78 is 10.5. The Morgan fingerprint density at radius 3 is 2.88 bits per heavy atom. The van der Waals surface area contributed by atoms with Crippen molar-refractivity contribution >= 4 is 0 Å². The highest BCUT2D eigenvalue weighted by Crippen LogP contribution is 2.35. The number of aliphatic hydroxyl groups excluding tert-OH is 1. The zero-order valence-electron chi connectivity index (χ0n) is 9.35. The number of methoxy groups -OCH3 is 1. The number of ether oxygens (including phenoxy) is 2. The number of aliphatic hydroxyl groups is 1. The van der Waals surface area contributed by atoms with Gasteiger partial charge in [-0.3, -0.25) is 0 Å². The molecule has 0 aromatic heterocycles. The van der Waals surface area contributed by atoms with E-state index in [1.165, 1.54) is 0 Å². The summed E-state index contributed by atoms with van der Waals surface area (Å²) >= 11 is 0. The maximum absolute atomic E-state index is 10.3. The fourth-order valence-electron chi connectivity index (χ4n) is 1.98.